The highest BCUT2D eigenvalue weighted by Gasteiger charge is 2.02. The number of benzene rings is 1. The molecule has 5 N–H and O–H groups in total. The Labute approximate surface area is 102 Å². The third-order valence-electron chi connectivity index (χ3n) is 2.50. The number of nitrogens with one attached hydrogen (secondary N) is 1. The maximum absolute atomic E-state index is 8.85. The zero-order valence-corrected chi connectivity index (χ0v) is 9.97. The van der Waals surface area contributed by atoms with Gasteiger partial charge in [-0.2, -0.15) is 0 Å². The summed E-state index contributed by atoms with van der Waals surface area (Å²) in [5, 5.41) is 21.0. The Morgan fingerprint density at radius 2 is 1.59 bits per heavy atom. The van der Waals surface area contributed by atoms with Gasteiger partial charge in [-0.05, 0) is 24.3 Å². The van der Waals surface area contributed by atoms with Crippen molar-refractivity contribution in [2.45, 2.75) is 0 Å². The third-order valence-corrected chi connectivity index (χ3v) is 2.50. The molecule has 0 radical (unpaired) electrons. The Hall–Kier alpha value is -1.30. The molecule has 0 aliphatic rings. The molecule has 0 aromatic heterocycles. The molecular formula is C12H21N3O2. The number of aliphatic hydroxyl groups excluding tert-OH is 2. The van der Waals surface area contributed by atoms with Crippen LogP contribution in [0.5, 0.6) is 0 Å². The number of nitrogens with two attached hydrogens (primary N) is 1. The van der Waals surface area contributed by atoms with E-state index in [-0.39, 0.29) is 13.2 Å². The van der Waals surface area contributed by atoms with E-state index in [4.69, 9.17) is 15.9 Å². The number of rotatable bonds is 8. The molecule has 96 valence electrons. The van der Waals surface area contributed by atoms with Crippen molar-refractivity contribution in [3.8, 4) is 0 Å². The normalized spacial score (nSPS) is 10.8. The molecular weight excluding hydrogens is 218 g/mol. The molecule has 1 aromatic carbocycles. The van der Waals surface area contributed by atoms with Crippen molar-refractivity contribution >= 4 is 11.4 Å². The van der Waals surface area contributed by atoms with Gasteiger partial charge in [-0.15, -0.1) is 0 Å². The summed E-state index contributed by atoms with van der Waals surface area (Å²) in [5.41, 5.74) is 7.36. The van der Waals surface area contributed by atoms with Gasteiger partial charge in [0, 0.05) is 37.6 Å². The lowest BCUT2D eigenvalue weighted by molar-refractivity contribution is 0.165. The first-order chi connectivity index (χ1) is 8.26. The third kappa shape index (κ3) is 5.53. The Morgan fingerprint density at radius 3 is 2.12 bits per heavy atom. The summed E-state index contributed by atoms with van der Waals surface area (Å²) in [5.74, 6) is 0. The van der Waals surface area contributed by atoms with Gasteiger partial charge in [0.1, 0.15) is 0 Å². The molecule has 0 fully saturated rings. The highest BCUT2D eigenvalue weighted by atomic mass is 16.3. The minimum absolute atomic E-state index is 0.113. The molecule has 0 amide bonds. The van der Waals surface area contributed by atoms with Crippen molar-refractivity contribution in [3.63, 3.8) is 0 Å². The molecule has 0 unspecified atom stereocenters. The zero-order chi connectivity index (χ0) is 12.5. The first-order valence-corrected chi connectivity index (χ1v) is 5.79. The topological polar surface area (TPSA) is 81.8 Å². The fraction of sp³-hybridized carbons (Fsp3) is 0.500. The van der Waals surface area contributed by atoms with Crippen LogP contribution in [0.1, 0.15) is 0 Å². The van der Waals surface area contributed by atoms with E-state index in [9.17, 15) is 0 Å². The Morgan fingerprint density at radius 1 is 1.00 bits per heavy atom. The fourth-order valence-corrected chi connectivity index (χ4v) is 1.58. The maximum atomic E-state index is 8.85. The van der Waals surface area contributed by atoms with E-state index in [0.29, 0.717) is 13.1 Å². The second-order valence-electron chi connectivity index (χ2n) is 3.84. The van der Waals surface area contributed by atoms with Crippen molar-refractivity contribution in [1.82, 2.24) is 4.90 Å². The van der Waals surface area contributed by atoms with Crippen molar-refractivity contribution in [3.05, 3.63) is 24.3 Å². The fourth-order valence-electron chi connectivity index (χ4n) is 1.58. The van der Waals surface area contributed by atoms with E-state index in [1.54, 1.807) is 0 Å². The molecule has 0 spiro atoms. The highest BCUT2D eigenvalue weighted by molar-refractivity contribution is 5.51. The Kier molecular flexibility index (Phi) is 6.39. The molecule has 0 heterocycles. The van der Waals surface area contributed by atoms with Crippen LogP contribution in [0.25, 0.3) is 0 Å². The molecule has 1 rings (SSSR count). The molecule has 5 heteroatoms. The summed E-state index contributed by atoms with van der Waals surface area (Å²) >= 11 is 0. The predicted molar refractivity (Wildman–Crippen MR) is 70.0 cm³/mol. The SMILES string of the molecule is Nc1ccc(NCCN(CCO)CCO)cc1. The van der Waals surface area contributed by atoms with Crippen LogP contribution in [0, 0.1) is 0 Å². The van der Waals surface area contributed by atoms with Crippen molar-refractivity contribution in [1.29, 1.82) is 0 Å². The summed E-state index contributed by atoms with van der Waals surface area (Å²) in [6, 6.07) is 7.55. The first-order valence-electron chi connectivity index (χ1n) is 5.79. The van der Waals surface area contributed by atoms with Crippen LogP contribution in [-0.2, 0) is 0 Å². The largest absolute Gasteiger partial charge is 0.399 e. The lowest BCUT2D eigenvalue weighted by atomic mass is 10.3. The quantitative estimate of drug-likeness (QED) is 0.479. The van der Waals surface area contributed by atoms with Gasteiger partial charge in [0.05, 0.1) is 13.2 Å². The van der Waals surface area contributed by atoms with Gasteiger partial charge in [0.25, 0.3) is 0 Å². The van der Waals surface area contributed by atoms with Crippen LogP contribution in [-0.4, -0.2) is 54.5 Å². The molecule has 17 heavy (non-hydrogen) atoms. The standard InChI is InChI=1S/C12H21N3O2/c13-11-1-3-12(4-2-11)14-5-6-15(7-9-16)8-10-17/h1-4,14,16-17H,5-10,13H2. The minimum Gasteiger partial charge on any atom is -0.399 e. The minimum atomic E-state index is 0.113. The summed E-state index contributed by atoms with van der Waals surface area (Å²) in [7, 11) is 0. The number of nitrogens with zero attached hydrogens (tertiary/aromatic N) is 1. The smallest absolute Gasteiger partial charge is 0.0558 e. The van der Waals surface area contributed by atoms with Gasteiger partial charge >= 0.3 is 0 Å². The van der Waals surface area contributed by atoms with Crippen LogP contribution in [0.4, 0.5) is 11.4 Å². The number of anilines is 2. The first kappa shape index (κ1) is 13.8. The number of hydrogen-bond acceptors (Lipinski definition) is 5. The summed E-state index contributed by atoms with van der Waals surface area (Å²) in [6.07, 6.45) is 0. The molecule has 0 saturated carbocycles. The van der Waals surface area contributed by atoms with Crippen molar-refractivity contribution in [2.24, 2.45) is 0 Å². The van der Waals surface area contributed by atoms with E-state index in [2.05, 4.69) is 5.32 Å². The molecule has 0 aliphatic carbocycles. The van der Waals surface area contributed by atoms with Gasteiger partial charge in [0.15, 0.2) is 0 Å². The van der Waals surface area contributed by atoms with Gasteiger partial charge in [0.2, 0.25) is 0 Å². The van der Waals surface area contributed by atoms with Crippen LogP contribution >= 0.6 is 0 Å². The van der Waals surface area contributed by atoms with E-state index in [1.807, 2.05) is 29.2 Å². The molecule has 0 bridgehead atoms. The molecule has 0 aliphatic heterocycles. The summed E-state index contributed by atoms with van der Waals surface area (Å²) < 4.78 is 0. The highest BCUT2D eigenvalue weighted by Crippen LogP contribution is 2.09. The molecule has 0 saturated heterocycles. The van der Waals surface area contributed by atoms with Crippen LogP contribution < -0.4 is 11.1 Å². The monoisotopic (exact) mass is 239 g/mol. The number of hydrogen-bond donors (Lipinski definition) is 4. The zero-order valence-electron chi connectivity index (χ0n) is 9.97. The van der Waals surface area contributed by atoms with Crippen molar-refractivity contribution in [2.75, 3.05) is 50.4 Å². The molecule has 0 atom stereocenters. The van der Waals surface area contributed by atoms with Crippen LogP contribution in [0.3, 0.4) is 0 Å². The summed E-state index contributed by atoms with van der Waals surface area (Å²) in [4.78, 5) is 2.00. The van der Waals surface area contributed by atoms with E-state index in [1.165, 1.54) is 0 Å². The van der Waals surface area contributed by atoms with Gasteiger partial charge in [-0.1, -0.05) is 0 Å². The van der Waals surface area contributed by atoms with Gasteiger partial charge in [-0.25, -0.2) is 0 Å². The van der Waals surface area contributed by atoms with E-state index < -0.39 is 0 Å². The average Bonchev–Trinajstić information content (AvgIpc) is 2.32. The van der Waals surface area contributed by atoms with E-state index >= 15 is 0 Å². The lowest BCUT2D eigenvalue weighted by Gasteiger charge is -2.20. The second kappa shape index (κ2) is 7.89. The Bertz CT molecular complexity index is 297. The van der Waals surface area contributed by atoms with Crippen LogP contribution in [0.2, 0.25) is 0 Å². The Balaban J connectivity index is 2.27. The van der Waals surface area contributed by atoms with E-state index in [0.717, 1.165) is 24.5 Å². The van der Waals surface area contributed by atoms with Gasteiger partial charge in [-0.3, -0.25) is 4.90 Å². The summed E-state index contributed by atoms with van der Waals surface area (Å²) in [6.45, 7) is 2.95. The number of nitrogen functional groups attached to an aromatic ring is 1. The average molecular weight is 239 g/mol. The predicted octanol–water partition coefficient (Wildman–Crippen LogP) is -0.0327. The maximum Gasteiger partial charge on any atom is 0.0558 e. The molecule has 5 nitrogen and oxygen atoms in total. The van der Waals surface area contributed by atoms with Crippen molar-refractivity contribution < 1.29 is 10.2 Å². The lowest BCUT2D eigenvalue weighted by Crippen LogP contribution is -2.34. The number of aliphatic hydroxyl groups is 2. The van der Waals surface area contributed by atoms with Gasteiger partial charge < -0.3 is 21.3 Å². The second-order valence-corrected chi connectivity index (χ2v) is 3.84. The van der Waals surface area contributed by atoms with Crippen LogP contribution in [0.15, 0.2) is 24.3 Å². The molecule has 1 aromatic rings.